The Morgan fingerprint density at radius 2 is 2.05 bits per heavy atom. The van der Waals surface area contributed by atoms with Gasteiger partial charge in [0.15, 0.2) is 5.78 Å². The maximum Gasteiger partial charge on any atom is 0.183 e. The molecule has 0 amide bonds. The van der Waals surface area contributed by atoms with E-state index in [2.05, 4.69) is 15.2 Å². The van der Waals surface area contributed by atoms with Crippen molar-refractivity contribution in [2.24, 2.45) is 13.0 Å². The van der Waals surface area contributed by atoms with E-state index in [1.165, 1.54) is 17.3 Å². The van der Waals surface area contributed by atoms with Gasteiger partial charge < -0.3 is 0 Å². The largest absolute Gasteiger partial charge is 0.292 e. The minimum absolute atomic E-state index is 0.0261. The zero-order valence-corrected chi connectivity index (χ0v) is 12.5. The molecular formula is C14H19N5O. The lowest BCUT2D eigenvalue weighted by molar-refractivity contribution is -0.116. The molecule has 0 aliphatic carbocycles. The maximum atomic E-state index is 12.4. The molecule has 0 spiro atoms. The molecule has 0 bridgehead atoms. The summed E-state index contributed by atoms with van der Waals surface area (Å²) in [5, 5.41) is 8.44. The molecule has 0 radical (unpaired) electrons. The van der Waals surface area contributed by atoms with Crippen LogP contribution in [0, 0.1) is 19.8 Å². The second-order valence-corrected chi connectivity index (χ2v) is 5.10. The molecular weight excluding hydrogens is 254 g/mol. The first-order valence-corrected chi connectivity index (χ1v) is 6.53. The van der Waals surface area contributed by atoms with Gasteiger partial charge in [-0.3, -0.25) is 9.48 Å². The smallest absolute Gasteiger partial charge is 0.183 e. The fraction of sp³-hybridized carbons (Fsp3) is 0.429. The van der Waals surface area contributed by atoms with Gasteiger partial charge in [-0.15, -0.1) is 0 Å². The van der Waals surface area contributed by atoms with E-state index in [1.54, 1.807) is 4.68 Å². The SMILES string of the molecule is Cc1nn(C)c(C)c1/C=C(/C(=O)C(C)C)n1cncn1. The monoisotopic (exact) mass is 273 g/mol. The summed E-state index contributed by atoms with van der Waals surface area (Å²) < 4.78 is 3.31. The summed E-state index contributed by atoms with van der Waals surface area (Å²) in [6.07, 6.45) is 4.80. The Labute approximate surface area is 118 Å². The number of nitrogens with zero attached hydrogens (tertiary/aromatic N) is 5. The highest BCUT2D eigenvalue weighted by Gasteiger charge is 2.18. The fourth-order valence-electron chi connectivity index (χ4n) is 2.01. The molecule has 20 heavy (non-hydrogen) atoms. The molecule has 2 rings (SSSR count). The number of rotatable bonds is 4. The van der Waals surface area contributed by atoms with E-state index in [9.17, 15) is 4.79 Å². The van der Waals surface area contributed by atoms with Gasteiger partial charge in [0, 0.05) is 24.2 Å². The lowest BCUT2D eigenvalue weighted by Gasteiger charge is -2.09. The summed E-state index contributed by atoms with van der Waals surface area (Å²) >= 11 is 0. The number of aromatic nitrogens is 5. The van der Waals surface area contributed by atoms with Gasteiger partial charge in [0.25, 0.3) is 0 Å². The second-order valence-electron chi connectivity index (χ2n) is 5.10. The number of carbonyl (C=O) groups is 1. The number of allylic oxidation sites excluding steroid dienone is 1. The van der Waals surface area contributed by atoms with E-state index in [0.717, 1.165) is 17.0 Å². The van der Waals surface area contributed by atoms with E-state index in [0.29, 0.717) is 5.70 Å². The van der Waals surface area contributed by atoms with E-state index in [1.807, 2.05) is 40.8 Å². The predicted molar refractivity (Wildman–Crippen MR) is 76.7 cm³/mol. The molecule has 0 saturated carbocycles. The molecule has 0 unspecified atom stereocenters. The first kappa shape index (κ1) is 14.2. The van der Waals surface area contributed by atoms with Crippen molar-refractivity contribution in [3.8, 4) is 0 Å². The molecule has 0 N–H and O–H groups in total. The van der Waals surface area contributed by atoms with Crippen LogP contribution in [0.1, 0.15) is 30.8 Å². The molecule has 6 nitrogen and oxygen atoms in total. The van der Waals surface area contributed by atoms with Crippen LogP contribution in [0.2, 0.25) is 0 Å². The average Bonchev–Trinajstić information content (AvgIpc) is 2.98. The number of carbonyl (C=O) groups excluding carboxylic acids is 1. The molecule has 106 valence electrons. The molecule has 0 atom stereocenters. The summed E-state index contributed by atoms with van der Waals surface area (Å²) in [5.41, 5.74) is 3.36. The van der Waals surface area contributed by atoms with Crippen molar-refractivity contribution in [3.05, 3.63) is 29.6 Å². The van der Waals surface area contributed by atoms with Crippen molar-refractivity contribution in [3.63, 3.8) is 0 Å². The summed E-state index contributed by atoms with van der Waals surface area (Å²) in [6, 6.07) is 0. The van der Waals surface area contributed by atoms with Crippen LogP contribution >= 0.6 is 0 Å². The van der Waals surface area contributed by atoms with Crippen LogP contribution in [-0.4, -0.2) is 30.3 Å². The van der Waals surface area contributed by atoms with Crippen LogP contribution < -0.4 is 0 Å². The van der Waals surface area contributed by atoms with Gasteiger partial charge in [0.05, 0.1) is 5.69 Å². The second kappa shape index (κ2) is 5.40. The molecule has 0 aliphatic rings. The van der Waals surface area contributed by atoms with Crippen LogP contribution in [0.4, 0.5) is 0 Å². The molecule has 0 saturated heterocycles. The van der Waals surface area contributed by atoms with Crippen LogP contribution in [0.5, 0.6) is 0 Å². The molecule has 0 aliphatic heterocycles. The van der Waals surface area contributed by atoms with E-state index >= 15 is 0 Å². The van der Waals surface area contributed by atoms with Crippen molar-refractivity contribution in [1.29, 1.82) is 0 Å². The number of Topliss-reactive ketones (excluding diaryl/α,β-unsaturated/α-hetero) is 1. The molecule has 2 heterocycles. The highest BCUT2D eigenvalue weighted by Crippen LogP contribution is 2.20. The normalized spacial score (nSPS) is 12.2. The van der Waals surface area contributed by atoms with E-state index < -0.39 is 0 Å². The Hall–Kier alpha value is -2.24. The Bertz CT molecular complexity index is 649. The topological polar surface area (TPSA) is 65.6 Å². The van der Waals surface area contributed by atoms with Crippen LogP contribution in [0.15, 0.2) is 12.7 Å². The van der Waals surface area contributed by atoms with Crippen molar-refractivity contribution in [2.75, 3.05) is 0 Å². The highest BCUT2D eigenvalue weighted by molar-refractivity contribution is 6.20. The number of aryl methyl sites for hydroxylation is 2. The predicted octanol–water partition coefficient (Wildman–Crippen LogP) is 1.85. The molecule has 0 fully saturated rings. The van der Waals surface area contributed by atoms with Crippen LogP contribution in [0.3, 0.4) is 0 Å². The van der Waals surface area contributed by atoms with Gasteiger partial charge in [-0.2, -0.15) is 10.2 Å². The van der Waals surface area contributed by atoms with Crippen molar-refractivity contribution >= 4 is 17.6 Å². The zero-order chi connectivity index (χ0) is 14.9. The van der Waals surface area contributed by atoms with Gasteiger partial charge in [-0.05, 0) is 19.9 Å². The maximum absolute atomic E-state index is 12.4. The Kier molecular flexibility index (Phi) is 3.83. The Morgan fingerprint density at radius 3 is 2.50 bits per heavy atom. The summed E-state index contributed by atoms with van der Waals surface area (Å²) in [6.45, 7) is 7.65. The minimum atomic E-state index is -0.109. The van der Waals surface area contributed by atoms with Gasteiger partial charge >= 0.3 is 0 Å². The first-order chi connectivity index (χ1) is 9.41. The van der Waals surface area contributed by atoms with Crippen molar-refractivity contribution in [2.45, 2.75) is 27.7 Å². The number of hydrogen-bond donors (Lipinski definition) is 0. The van der Waals surface area contributed by atoms with Crippen LogP contribution in [-0.2, 0) is 11.8 Å². The summed E-state index contributed by atoms with van der Waals surface area (Å²) in [4.78, 5) is 16.3. The van der Waals surface area contributed by atoms with E-state index in [-0.39, 0.29) is 11.7 Å². The van der Waals surface area contributed by atoms with Crippen LogP contribution in [0.25, 0.3) is 11.8 Å². The quantitative estimate of drug-likeness (QED) is 0.797. The van der Waals surface area contributed by atoms with E-state index in [4.69, 9.17) is 0 Å². The lowest BCUT2D eigenvalue weighted by atomic mass is 10.0. The Balaban J connectivity index is 2.57. The highest BCUT2D eigenvalue weighted by atomic mass is 16.1. The Morgan fingerprint density at radius 1 is 1.35 bits per heavy atom. The standard InChI is InChI=1S/C14H19N5O/c1-9(2)14(20)13(19-8-15-7-16-19)6-12-10(3)17-18(5)11(12)4/h6-9H,1-5H3/b13-6-. The third kappa shape index (κ3) is 2.54. The van der Waals surface area contributed by atoms with Crippen molar-refractivity contribution < 1.29 is 4.79 Å². The first-order valence-electron chi connectivity index (χ1n) is 6.53. The summed E-state index contributed by atoms with van der Waals surface area (Å²) in [7, 11) is 1.89. The number of hydrogen-bond acceptors (Lipinski definition) is 4. The third-order valence-corrected chi connectivity index (χ3v) is 3.29. The fourth-order valence-corrected chi connectivity index (χ4v) is 2.01. The van der Waals surface area contributed by atoms with Crippen molar-refractivity contribution in [1.82, 2.24) is 24.5 Å². The number of ketones is 1. The molecule has 0 aromatic carbocycles. The lowest BCUT2D eigenvalue weighted by Crippen LogP contribution is -2.15. The van der Waals surface area contributed by atoms with Gasteiger partial charge in [0.2, 0.25) is 0 Å². The summed E-state index contributed by atoms with van der Waals surface area (Å²) in [5.74, 6) is -0.0825. The molecule has 6 heteroatoms. The van der Waals surface area contributed by atoms with Gasteiger partial charge in [-0.1, -0.05) is 13.8 Å². The molecule has 2 aromatic heterocycles. The molecule has 2 aromatic rings. The van der Waals surface area contributed by atoms with Gasteiger partial charge in [-0.25, -0.2) is 9.67 Å². The van der Waals surface area contributed by atoms with Gasteiger partial charge in [0.1, 0.15) is 18.4 Å². The minimum Gasteiger partial charge on any atom is -0.292 e. The zero-order valence-electron chi connectivity index (χ0n) is 12.5. The average molecular weight is 273 g/mol. The third-order valence-electron chi connectivity index (χ3n) is 3.29.